The Morgan fingerprint density at radius 2 is 1.73 bits per heavy atom. The first-order chi connectivity index (χ1) is 6.83. The Balaban J connectivity index is 3.28. The van der Waals surface area contributed by atoms with E-state index >= 15 is 0 Å². The van der Waals surface area contributed by atoms with E-state index in [4.69, 9.17) is 39.1 Å². The minimum atomic E-state index is -3.72. The fourth-order valence-corrected chi connectivity index (χ4v) is 2.74. The molecule has 0 amide bonds. The van der Waals surface area contributed by atoms with Crippen LogP contribution < -0.4 is 0 Å². The average Bonchev–Trinajstić information content (AvgIpc) is 2.09. The van der Waals surface area contributed by atoms with Crippen LogP contribution in [0.3, 0.4) is 0 Å². The molecule has 0 aliphatic rings. The van der Waals surface area contributed by atoms with E-state index in [1.54, 1.807) is 0 Å². The molecule has 0 aromatic heterocycles. The molecule has 0 aliphatic carbocycles. The van der Waals surface area contributed by atoms with E-state index < -0.39 is 14.8 Å². The minimum Gasteiger partial charge on any atom is -0.212 e. The Bertz CT molecular complexity index is 510. The summed E-state index contributed by atoms with van der Waals surface area (Å²) >= 11 is 11.5. The molecule has 3 nitrogen and oxygen atoms in total. The maximum absolute atomic E-state index is 10.8. The quantitative estimate of drug-likeness (QED) is 0.785. The smallest absolute Gasteiger partial charge is 0.212 e. The molecule has 1 aromatic rings. The molecule has 0 N–H and O–H groups in total. The van der Waals surface area contributed by atoms with Gasteiger partial charge < -0.3 is 0 Å². The van der Waals surface area contributed by atoms with E-state index in [9.17, 15) is 8.42 Å². The molecular formula is C8H4Cl3NO2S. The van der Waals surface area contributed by atoms with Crippen LogP contribution in [-0.2, 0) is 14.8 Å². The lowest BCUT2D eigenvalue weighted by atomic mass is 10.2. The van der Waals surface area contributed by atoms with Crippen LogP contribution in [0.2, 0.25) is 10.0 Å². The zero-order chi connectivity index (χ0) is 11.6. The number of hydrogen-bond acceptors (Lipinski definition) is 3. The van der Waals surface area contributed by atoms with Crippen LogP contribution in [0.15, 0.2) is 12.1 Å². The van der Waals surface area contributed by atoms with Crippen molar-refractivity contribution >= 4 is 42.9 Å². The van der Waals surface area contributed by atoms with Crippen LogP contribution in [0.4, 0.5) is 0 Å². The van der Waals surface area contributed by atoms with E-state index in [1.165, 1.54) is 12.1 Å². The van der Waals surface area contributed by atoms with Crippen molar-refractivity contribution in [3.8, 4) is 6.07 Å². The van der Waals surface area contributed by atoms with Crippen molar-refractivity contribution in [2.45, 2.75) is 5.75 Å². The van der Waals surface area contributed by atoms with Gasteiger partial charge in [0.1, 0.15) is 0 Å². The third-order valence-corrected chi connectivity index (χ3v) is 3.22. The lowest BCUT2D eigenvalue weighted by Gasteiger charge is -2.04. The number of hydrogen-bond donors (Lipinski definition) is 0. The molecule has 0 atom stereocenters. The van der Waals surface area contributed by atoms with Crippen LogP contribution in [0, 0.1) is 11.3 Å². The molecule has 0 bridgehead atoms. The van der Waals surface area contributed by atoms with Gasteiger partial charge in [-0.3, -0.25) is 0 Å². The second kappa shape index (κ2) is 4.58. The normalized spacial score (nSPS) is 11.1. The number of benzene rings is 1. The number of rotatable bonds is 2. The maximum Gasteiger partial charge on any atom is 0.236 e. The van der Waals surface area contributed by atoms with Crippen LogP contribution in [0.5, 0.6) is 0 Å². The molecule has 1 rings (SSSR count). The van der Waals surface area contributed by atoms with Crippen LogP contribution in [-0.4, -0.2) is 8.42 Å². The van der Waals surface area contributed by atoms with Crippen molar-refractivity contribution in [1.82, 2.24) is 0 Å². The molecule has 0 unspecified atom stereocenters. The molecule has 0 saturated heterocycles. The Labute approximate surface area is 102 Å². The molecule has 0 fully saturated rings. The number of halogens is 3. The van der Waals surface area contributed by atoms with Crippen molar-refractivity contribution < 1.29 is 8.42 Å². The van der Waals surface area contributed by atoms with Crippen LogP contribution in [0.25, 0.3) is 0 Å². The molecule has 1 aromatic carbocycles. The predicted molar refractivity (Wildman–Crippen MR) is 59.7 cm³/mol. The van der Waals surface area contributed by atoms with E-state index in [0.29, 0.717) is 0 Å². The highest BCUT2D eigenvalue weighted by molar-refractivity contribution is 8.13. The Hall–Kier alpha value is -0.470. The summed E-state index contributed by atoms with van der Waals surface area (Å²) in [5.74, 6) is -0.460. The zero-order valence-corrected chi connectivity index (χ0v) is 10.3. The van der Waals surface area contributed by atoms with Gasteiger partial charge in [0.2, 0.25) is 9.05 Å². The third kappa shape index (κ3) is 3.54. The summed E-state index contributed by atoms with van der Waals surface area (Å²) in [6, 6.07) is 4.52. The summed E-state index contributed by atoms with van der Waals surface area (Å²) in [5.41, 5.74) is 0.466. The summed E-state index contributed by atoms with van der Waals surface area (Å²) in [7, 11) is 1.35. The summed E-state index contributed by atoms with van der Waals surface area (Å²) in [6.45, 7) is 0. The predicted octanol–water partition coefficient (Wildman–Crippen LogP) is 2.93. The van der Waals surface area contributed by atoms with Gasteiger partial charge in [0.15, 0.2) is 0 Å². The van der Waals surface area contributed by atoms with Gasteiger partial charge in [0, 0.05) is 26.3 Å². The van der Waals surface area contributed by atoms with E-state index in [0.717, 1.165) is 0 Å². The highest BCUT2D eigenvalue weighted by atomic mass is 35.7. The largest absolute Gasteiger partial charge is 0.236 e. The molecule has 0 saturated carbocycles. The van der Waals surface area contributed by atoms with Gasteiger partial charge in [-0.1, -0.05) is 23.2 Å². The Morgan fingerprint density at radius 1 is 1.27 bits per heavy atom. The minimum absolute atomic E-state index is 0.114. The van der Waals surface area contributed by atoms with E-state index in [1.807, 2.05) is 6.07 Å². The number of nitriles is 1. The van der Waals surface area contributed by atoms with Gasteiger partial charge in [-0.2, -0.15) is 5.26 Å². The molecule has 7 heteroatoms. The van der Waals surface area contributed by atoms with Crippen molar-refractivity contribution in [2.24, 2.45) is 0 Å². The van der Waals surface area contributed by atoms with Gasteiger partial charge in [0.25, 0.3) is 0 Å². The van der Waals surface area contributed by atoms with Gasteiger partial charge in [0.05, 0.1) is 17.4 Å². The molecule has 15 heavy (non-hydrogen) atoms. The SMILES string of the molecule is N#Cc1cc(Cl)c(CS(=O)(=O)Cl)c(Cl)c1. The maximum atomic E-state index is 10.8. The van der Waals surface area contributed by atoms with Gasteiger partial charge in [-0.05, 0) is 12.1 Å². The summed E-state index contributed by atoms with van der Waals surface area (Å²) in [5, 5.41) is 8.83. The number of nitrogens with zero attached hydrogens (tertiary/aromatic N) is 1. The first-order valence-electron chi connectivity index (χ1n) is 3.64. The van der Waals surface area contributed by atoms with Crippen LogP contribution >= 0.6 is 33.9 Å². The monoisotopic (exact) mass is 283 g/mol. The zero-order valence-electron chi connectivity index (χ0n) is 7.17. The van der Waals surface area contributed by atoms with Gasteiger partial charge in [-0.15, -0.1) is 0 Å². The topological polar surface area (TPSA) is 57.9 Å². The van der Waals surface area contributed by atoms with Crippen molar-refractivity contribution in [1.29, 1.82) is 5.26 Å². The van der Waals surface area contributed by atoms with Crippen molar-refractivity contribution in [3.63, 3.8) is 0 Å². The molecule has 0 heterocycles. The Kier molecular flexibility index (Phi) is 3.85. The first kappa shape index (κ1) is 12.6. The molecule has 0 radical (unpaired) electrons. The van der Waals surface area contributed by atoms with Gasteiger partial charge >= 0.3 is 0 Å². The fourth-order valence-electron chi connectivity index (χ4n) is 0.978. The highest BCUT2D eigenvalue weighted by Gasteiger charge is 2.15. The highest BCUT2D eigenvalue weighted by Crippen LogP contribution is 2.28. The lowest BCUT2D eigenvalue weighted by Crippen LogP contribution is -1.97. The Morgan fingerprint density at radius 3 is 2.07 bits per heavy atom. The summed E-state index contributed by atoms with van der Waals surface area (Å²) in [4.78, 5) is 0. The van der Waals surface area contributed by atoms with Crippen LogP contribution in [0.1, 0.15) is 11.1 Å². The molecule has 80 valence electrons. The summed E-state index contributed by atoms with van der Waals surface area (Å²) in [6.07, 6.45) is 0. The molecule has 0 aliphatic heterocycles. The van der Waals surface area contributed by atoms with Crippen molar-refractivity contribution in [3.05, 3.63) is 33.3 Å². The fraction of sp³-hybridized carbons (Fsp3) is 0.125. The lowest BCUT2D eigenvalue weighted by molar-refractivity contribution is 0.609. The second-order valence-corrected chi connectivity index (χ2v) is 6.30. The van der Waals surface area contributed by atoms with E-state index in [-0.39, 0.29) is 21.2 Å². The van der Waals surface area contributed by atoms with E-state index in [2.05, 4.69) is 0 Å². The molecular weight excluding hydrogens is 281 g/mol. The van der Waals surface area contributed by atoms with Crippen molar-refractivity contribution in [2.75, 3.05) is 0 Å². The second-order valence-electron chi connectivity index (χ2n) is 2.71. The first-order valence-corrected chi connectivity index (χ1v) is 6.87. The summed E-state index contributed by atoms with van der Waals surface area (Å²) < 4.78 is 21.7. The molecule has 0 spiro atoms. The van der Waals surface area contributed by atoms with Gasteiger partial charge in [-0.25, -0.2) is 8.42 Å². The average molecular weight is 285 g/mol. The standard InChI is InChI=1S/C8H4Cl3NO2S/c9-7-1-5(3-12)2-8(10)6(7)4-15(11,13)14/h1-2H,4H2. The third-order valence-electron chi connectivity index (χ3n) is 1.59.